The molecule has 0 aromatic carbocycles. The van der Waals surface area contributed by atoms with Gasteiger partial charge in [-0.1, -0.05) is 0 Å². The van der Waals surface area contributed by atoms with Crippen molar-refractivity contribution in [1.29, 1.82) is 0 Å². The molecule has 1 saturated carbocycles. The Labute approximate surface area is 78.7 Å². The van der Waals surface area contributed by atoms with Crippen LogP contribution in [-0.4, -0.2) is 16.9 Å². The lowest BCUT2D eigenvalue weighted by atomic mass is 9.63. The minimum Gasteiger partial charge on any atom is -0.633 e. The Kier molecular flexibility index (Phi) is 1.65. The van der Waals surface area contributed by atoms with E-state index in [2.05, 4.69) is 0 Å². The molecule has 13 heavy (non-hydrogen) atoms. The predicted octanol–water partition coefficient (Wildman–Crippen LogP) is 0.289. The lowest BCUT2D eigenvalue weighted by molar-refractivity contribution is -0.963. The highest BCUT2D eigenvalue weighted by molar-refractivity contribution is 5.84. The normalized spacial score (nSPS) is 48.2. The third kappa shape index (κ3) is 1.00. The second-order valence-electron chi connectivity index (χ2n) is 5.35. The molecule has 0 aromatic heterocycles. The van der Waals surface area contributed by atoms with E-state index in [1.807, 2.05) is 20.8 Å². The lowest BCUT2D eigenvalue weighted by Crippen LogP contribution is -3.25. The van der Waals surface area contributed by atoms with Gasteiger partial charge in [0.2, 0.25) is 0 Å². The van der Waals surface area contributed by atoms with E-state index in [9.17, 15) is 10.0 Å². The topological polar surface area (TPSA) is 44.6 Å². The van der Waals surface area contributed by atoms with Crippen LogP contribution in [0.1, 0.15) is 40.0 Å². The van der Waals surface area contributed by atoms with Crippen molar-refractivity contribution in [3.8, 4) is 0 Å². The van der Waals surface area contributed by atoms with Crippen molar-refractivity contribution in [1.82, 2.24) is 0 Å². The van der Waals surface area contributed by atoms with Crippen molar-refractivity contribution < 1.29 is 9.86 Å². The largest absolute Gasteiger partial charge is 0.633 e. The molecule has 1 aliphatic carbocycles. The Morgan fingerprint density at radius 1 is 1.46 bits per heavy atom. The van der Waals surface area contributed by atoms with Crippen molar-refractivity contribution >= 4 is 5.78 Å². The molecule has 0 amide bonds. The average Bonchev–Trinajstić information content (AvgIpc) is 1.99. The third-order valence-corrected chi connectivity index (χ3v) is 3.94. The molecular weight excluding hydrogens is 166 g/mol. The summed E-state index contributed by atoms with van der Waals surface area (Å²) in [6, 6.07) is 0. The van der Waals surface area contributed by atoms with E-state index in [1.165, 1.54) is 0 Å². The van der Waals surface area contributed by atoms with Crippen LogP contribution < -0.4 is 5.06 Å². The smallest absolute Gasteiger partial charge is 0.148 e. The number of fused-ring (bicyclic) bond motifs is 3. The zero-order valence-corrected chi connectivity index (χ0v) is 8.52. The number of hydroxylamine groups is 2. The molecule has 0 spiro atoms. The molecule has 0 aromatic rings. The number of hydrogen-bond acceptors (Lipinski definition) is 2. The van der Waals surface area contributed by atoms with Gasteiger partial charge >= 0.3 is 0 Å². The van der Waals surface area contributed by atoms with E-state index in [4.69, 9.17) is 0 Å². The summed E-state index contributed by atoms with van der Waals surface area (Å²) in [6.45, 7) is 5.80. The highest BCUT2D eigenvalue weighted by Gasteiger charge is 2.57. The standard InChI is InChI=1S/C10H17NO2/c1-9(2)7-4-5-10(3,11(9)13)6-8(7)12/h7,11H,4-6H2,1-3H3. The van der Waals surface area contributed by atoms with Crippen molar-refractivity contribution in [3.05, 3.63) is 5.21 Å². The number of nitrogens with one attached hydrogen (secondary N) is 1. The van der Waals surface area contributed by atoms with Crippen LogP contribution in [0.2, 0.25) is 0 Å². The van der Waals surface area contributed by atoms with Crippen molar-refractivity contribution in [2.45, 2.75) is 51.1 Å². The molecule has 3 aliphatic rings. The van der Waals surface area contributed by atoms with E-state index in [0.717, 1.165) is 12.8 Å². The van der Waals surface area contributed by atoms with E-state index >= 15 is 0 Å². The Bertz CT molecular complexity index is 257. The van der Waals surface area contributed by atoms with Crippen LogP contribution in [0.25, 0.3) is 0 Å². The van der Waals surface area contributed by atoms with Crippen LogP contribution >= 0.6 is 0 Å². The van der Waals surface area contributed by atoms with Gasteiger partial charge in [0.15, 0.2) is 0 Å². The number of Topliss-reactive ketones (excluding diaryl/α,β-unsaturated/α-hetero) is 1. The van der Waals surface area contributed by atoms with Gasteiger partial charge in [0, 0.05) is 6.42 Å². The van der Waals surface area contributed by atoms with Crippen LogP contribution in [0.15, 0.2) is 0 Å². The Hall–Kier alpha value is -0.410. The first-order valence-corrected chi connectivity index (χ1v) is 4.95. The molecule has 3 atom stereocenters. The summed E-state index contributed by atoms with van der Waals surface area (Å²) in [5.74, 6) is 0.306. The number of piperidine rings is 2. The van der Waals surface area contributed by atoms with Crippen molar-refractivity contribution in [2.24, 2.45) is 5.92 Å². The molecule has 3 fully saturated rings. The SMILES string of the molecule is CC12CCC(C(=O)C1)C(C)(C)[NH+]2[O-]. The second-order valence-corrected chi connectivity index (χ2v) is 5.35. The molecule has 3 nitrogen and oxygen atoms in total. The Morgan fingerprint density at radius 2 is 2.08 bits per heavy atom. The number of quaternary nitrogens is 1. The first-order chi connectivity index (χ1) is 5.88. The molecule has 2 saturated heterocycles. The summed E-state index contributed by atoms with van der Waals surface area (Å²) in [7, 11) is 0. The Balaban J connectivity index is 2.42. The van der Waals surface area contributed by atoms with Crippen LogP contribution in [0.3, 0.4) is 0 Å². The van der Waals surface area contributed by atoms with Gasteiger partial charge in [-0.3, -0.25) is 4.79 Å². The number of carbonyl (C=O) groups is 1. The predicted molar refractivity (Wildman–Crippen MR) is 49.2 cm³/mol. The number of carbonyl (C=O) groups excluding carboxylic acids is 1. The molecule has 1 N–H and O–H groups in total. The number of ketones is 1. The summed E-state index contributed by atoms with van der Waals surface area (Å²) in [4.78, 5) is 11.7. The van der Waals surface area contributed by atoms with Gasteiger partial charge in [0.1, 0.15) is 16.9 Å². The van der Waals surface area contributed by atoms with Gasteiger partial charge in [-0.2, -0.15) is 0 Å². The fourth-order valence-electron chi connectivity index (χ4n) is 3.11. The fourth-order valence-corrected chi connectivity index (χ4v) is 3.11. The molecule has 2 bridgehead atoms. The molecule has 3 rings (SSSR count). The number of rotatable bonds is 0. The van der Waals surface area contributed by atoms with Crippen LogP contribution in [-0.2, 0) is 4.79 Å². The molecule has 3 unspecified atom stereocenters. The zero-order valence-electron chi connectivity index (χ0n) is 8.52. The molecule has 74 valence electrons. The van der Waals surface area contributed by atoms with Gasteiger partial charge in [-0.05, 0) is 27.2 Å². The van der Waals surface area contributed by atoms with Crippen molar-refractivity contribution in [3.63, 3.8) is 0 Å². The average molecular weight is 183 g/mol. The minimum atomic E-state index is -0.400. The third-order valence-electron chi connectivity index (χ3n) is 3.94. The summed E-state index contributed by atoms with van der Waals surface area (Å²) >= 11 is 0. The highest BCUT2D eigenvalue weighted by atomic mass is 16.5. The quantitative estimate of drug-likeness (QED) is 0.549. The summed E-state index contributed by atoms with van der Waals surface area (Å²) in [5, 5.41) is 12.3. The van der Waals surface area contributed by atoms with Gasteiger partial charge in [-0.25, -0.2) is 0 Å². The van der Waals surface area contributed by atoms with Crippen LogP contribution in [0, 0.1) is 11.1 Å². The zero-order chi connectivity index (χ0) is 9.85. The summed E-state index contributed by atoms with van der Waals surface area (Å²) in [5.41, 5.74) is -0.738. The molecule has 3 heteroatoms. The maximum Gasteiger partial charge on any atom is 0.148 e. The minimum absolute atomic E-state index is 0.00169. The Morgan fingerprint density at radius 3 is 2.54 bits per heavy atom. The first kappa shape index (κ1) is 9.16. The van der Waals surface area contributed by atoms with E-state index < -0.39 is 5.54 Å². The fraction of sp³-hybridized carbons (Fsp3) is 0.900. The van der Waals surface area contributed by atoms with E-state index in [-0.39, 0.29) is 11.5 Å². The maximum absolute atomic E-state index is 12.0. The monoisotopic (exact) mass is 183 g/mol. The highest BCUT2D eigenvalue weighted by Crippen LogP contribution is 2.38. The number of hydrogen-bond donors (Lipinski definition) is 1. The second kappa shape index (κ2) is 2.34. The van der Waals surface area contributed by atoms with Crippen LogP contribution in [0.4, 0.5) is 0 Å². The van der Waals surface area contributed by atoms with Crippen LogP contribution in [0.5, 0.6) is 0 Å². The van der Waals surface area contributed by atoms with E-state index in [0.29, 0.717) is 17.3 Å². The first-order valence-electron chi connectivity index (χ1n) is 4.95. The van der Waals surface area contributed by atoms with Gasteiger partial charge < -0.3 is 10.3 Å². The van der Waals surface area contributed by atoms with Gasteiger partial charge in [-0.15, -0.1) is 0 Å². The maximum atomic E-state index is 12.0. The molecular formula is C10H17NO2. The molecule has 2 aliphatic heterocycles. The van der Waals surface area contributed by atoms with Gasteiger partial charge in [0.05, 0.1) is 12.3 Å². The summed E-state index contributed by atoms with van der Waals surface area (Å²) in [6.07, 6.45) is 2.31. The molecule has 2 heterocycles. The van der Waals surface area contributed by atoms with E-state index in [1.54, 1.807) is 0 Å². The summed E-state index contributed by atoms with van der Waals surface area (Å²) < 4.78 is 0. The molecule has 0 radical (unpaired) electrons. The lowest BCUT2D eigenvalue weighted by Gasteiger charge is -2.60. The van der Waals surface area contributed by atoms with Crippen molar-refractivity contribution in [2.75, 3.05) is 0 Å². The van der Waals surface area contributed by atoms with Gasteiger partial charge in [0.25, 0.3) is 0 Å².